The van der Waals surface area contributed by atoms with Crippen LogP contribution >= 0.6 is 11.3 Å². The number of thiazole rings is 1. The van der Waals surface area contributed by atoms with E-state index in [0.29, 0.717) is 0 Å². The minimum atomic E-state index is -0.402. The first kappa shape index (κ1) is 21.4. The number of aromatic nitrogens is 3. The van der Waals surface area contributed by atoms with Gasteiger partial charge >= 0.3 is 0 Å². The van der Waals surface area contributed by atoms with Crippen LogP contribution in [0.3, 0.4) is 0 Å². The van der Waals surface area contributed by atoms with Crippen molar-refractivity contribution in [3.05, 3.63) is 93.1 Å². The molecule has 2 heterocycles. The minimum absolute atomic E-state index is 0.0558. The van der Waals surface area contributed by atoms with E-state index in [2.05, 4.69) is 4.98 Å². The molecule has 32 heavy (non-hydrogen) atoms. The molecule has 2 aromatic carbocycles. The Balaban J connectivity index is 1.75. The summed E-state index contributed by atoms with van der Waals surface area (Å²) in [7, 11) is 0. The van der Waals surface area contributed by atoms with E-state index in [1.807, 2.05) is 65.9 Å². The second kappa shape index (κ2) is 9.11. The second-order valence-corrected chi connectivity index (χ2v) is 8.28. The summed E-state index contributed by atoms with van der Waals surface area (Å²) in [5.41, 5.74) is 4.55. The molecule has 0 saturated carbocycles. The van der Waals surface area contributed by atoms with Crippen molar-refractivity contribution in [3.8, 4) is 16.9 Å². The molecule has 4 rings (SSSR count). The summed E-state index contributed by atoms with van der Waals surface area (Å²) >= 11 is 1.49. The van der Waals surface area contributed by atoms with Gasteiger partial charge in [-0.1, -0.05) is 12.1 Å². The topological polar surface area (TPSA) is 90.6 Å². The highest BCUT2D eigenvalue weighted by Crippen LogP contribution is 2.23. The highest BCUT2D eigenvalue weighted by Gasteiger charge is 2.12. The molecule has 2 aromatic heterocycles. The van der Waals surface area contributed by atoms with Crippen LogP contribution in [0.4, 0.5) is 5.69 Å². The Morgan fingerprint density at radius 3 is 2.44 bits per heavy atom. The van der Waals surface area contributed by atoms with Crippen molar-refractivity contribution >= 4 is 22.7 Å². The monoisotopic (exact) mass is 446 g/mol. The fourth-order valence-corrected chi connectivity index (χ4v) is 4.12. The molecule has 162 valence electrons. The predicted octanol–water partition coefficient (Wildman–Crippen LogP) is 4.89. The van der Waals surface area contributed by atoms with Gasteiger partial charge in [-0.3, -0.25) is 15.1 Å². The molecule has 4 aromatic rings. The van der Waals surface area contributed by atoms with Crippen molar-refractivity contribution in [1.82, 2.24) is 14.2 Å². The van der Waals surface area contributed by atoms with Crippen LogP contribution in [-0.4, -0.2) is 30.9 Å². The number of hydrogen-bond donors (Lipinski definition) is 0. The van der Waals surface area contributed by atoms with Crippen molar-refractivity contribution in [1.29, 1.82) is 0 Å². The molecule has 0 N–H and O–H groups in total. The SMILES string of the molecule is CC(=Nn1c(-c2ccc([N+](=O)[O-])cc2)csc1=NC(C)C)c1ccc(-n2ccnc2)cc1. The van der Waals surface area contributed by atoms with E-state index in [4.69, 9.17) is 10.1 Å². The molecule has 0 unspecified atom stereocenters. The predicted molar refractivity (Wildman–Crippen MR) is 126 cm³/mol. The smallest absolute Gasteiger partial charge is 0.269 e. The lowest BCUT2D eigenvalue weighted by Gasteiger charge is -2.08. The number of hydrogen-bond acceptors (Lipinski definition) is 6. The summed E-state index contributed by atoms with van der Waals surface area (Å²) in [6.07, 6.45) is 5.40. The summed E-state index contributed by atoms with van der Waals surface area (Å²) in [6, 6.07) is 14.7. The lowest BCUT2D eigenvalue weighted by atomic mass is 10.1. The number of rotatable bonds is 6. The van der Waals surface area contributed by atoms with E-state index in [0.717, 1.165) is 33.0 Å². The average molecular weight is 447 g/mol. The Labute approximate surface area is 189 Å². The van der Waals surface area contributed by atoms with Crippen LogP contribution in [0.2, 0.25) is 0 Å². The number of benzene rings is 2. The molecule has 8 nitrogen and oxygen atoms in total. The summed E-state index contributed by atoms with van der Waals surface area (Å²) < 4.78 is 3.75. The van der Waals surface area contributed by atoms with Crippen LogP contribution in [0.25, 0.3) is 16.9 Å². The van der Waals surface area contributed by atoms with Gasteiger partial charge in [0.2, 0.25) is 4.80 Å². The maximum absolute atomic E-state index is 11.0. The average Bonchev–Trinajstić information content (AvgIpc) is 3.45. The Hall–Kier alpha value is -3.85. The van der Waals surface area contributed by atoms with E-state index in [-0.39, 0.29) is 11.7 Å². The number of nitro benzene ring substituents is 1. The van der Waals surface area contributed by atoms with E-state index in [9.17, 15) is 10.1 Å². The molecule has 0 fully saturated rings. The van der Waals surface area contributed by atoms with E-state index >= 15 is 0 Å². The molecular formula is C23H22N6O2S. The Kier molecular flexibility index (Phi) is 6.09. The lowest BCUT2D eigenvalue weighted by molar-refractivity contribution is -0.384. The van der Waals surface area contributed by atoms with Gasteiger partial charge in [0.25, 0.3) is 5.69 Å². The largest absolute Gasteiger partial charge is 0.306 e. The first-order valence-electron chi connectivity index (χ1n) is 10.1. The quantitative estimate of drug-likeness (QED) is 0.240. The van der Waals surface area contributed by atoms with Crippen LogP contribution in [-0.2, 0) is 0 Å². The summed E-state index contributed by atoms with van der Waals surface area (Å²) in [5, 5.41) is 17.8. The molecule has 0 aliphatic carbocycles. The van der Waals surface area contributed by atoms with Gasteiger partial charge in [-0.15, -0.1) is 11.3 Å². The maximum atomic E-state index is 11.0. The van der Waals surface area contributed by atoms with Gasteiger partial charge in [0, 0.05) is 47.2 Å². The van der Waals surface area contributed by atoms with Gasteiger partial charge in [-0.2, -0.15) is 5.10 Å². The first-order chi connectivity index (χ1) is 15.4. The zero-order valence-corrected chi connectivity index (χ0v) is 18.7. The minimum Gasteiger partial charge on any atom is -0.306 e. The van der Waals surface area contributed by atoms with E-state index < -0.39 is 4.92 Å². The van der Waals surface area contributed by atoms with Gasteiger partial charge in [-0.25, -0.2) is 9.66 Å². The zero-order valence-electron chi connectivity index (χ0n) is 17.9. The molecule has 0 amide bonds. The van der Waals surface area contributed by atoms with Crippen molar-refractivity contribution in [2.75, 3.05) is 0 Å². The van der Waals surface area contributed by atoms with Crippen molar-refractivity contribution < 1.29 is 4.92 Å². The van der Waals surface area contributed by atoms with Gasteiger partial charge in [-0.05, 0) is 50.6 Å². The molecule has 0 radical (unpaired) electrons. The maximum Gasteiger partial charge on any atom is 0.269 e. The van der Waals surface area contributed by atoms with E-state index in [1.54, 1.807) is 24.7 Å². The highest BCUT2D eigenvalue weighted by molar-refractivity contribution is 7.07. The molecule has 0 aliphatic rings. The van der Waals surface area contributed by atoms with Crippen LogP contribution < -0.4 is 4.80 Å². The van der Waals surface area contributed by atoms with Gasteiger partial charge < -0.3 is 4.57 Å². The highest BCUT2D eigenvalue weighted by atomic mass is 32.1. The van der Waals surface area contributed by atoms with Crippen LogP contribution in [0.5, 0.6) is 0 Å². The Bertz CT molecular complexity index is 1310. The first-order valence-corrected chi connectivity index (χ1v) is 10.9. The van der Waals surface area contributed by atoms with Gasteiger partial charge in [0.05, 0.1) is 22.7 Å². The molecule has 0 saturated heterocycles. The van der Waals surface area contributed by atoms with Crippen molar-refractivity contribution in [2.24, 2.45) is 10.1 Å². The standard InChI is InChI=1S/C23H22N6O2S/c1-16(2)25-23-28(22(14-32-23)19-6-10-21(11-7-19)29(30)31)26-17(3)18-4-8-20(9-5-18)27-13-12-24-15-27/h4-16H,1-3H3. The third-order valence-electron chi connectivity index (χ3n) is 4.77. The molecule has 0 aliphatic heterocycles. The Morgan fingerprint density at radius 2 is 1.84 bits per heavy atom. The molecule has 9 heteroatoms. The number of nitro groups is 1. The van der Waals surface area contributed by atoms with Crippen molar-refractivity contribution in [2.45, 2.75) is 26.8 Å². The number of non-ortho nitro benzene ring substituents is 1. The second-order valence-electron chi connectivity index (χ2n) is 7.44. The van der Waals surface area contributed by atoms with Crippen LogP contribution in [0, 0.1) is 10.1 Å². The number of imidazole rings is 1. The van der Waals surface area contributed by atoms with Crippen molar-refractivity contribution in [3.63, 3.8) is 0 Å². The molecular weight excluding hydrogens is 424 g/mol. The fraction of sp³-hybridized carbons (Fsp3) is 0.174. The summed E-state index contributed by atoms with van der Waals surface area (Å²) in [4.78, 5) is 20.2. The third kappa shape index (κ3) is 4.57. The number of nitrogens with zero attached hydrogens (tertiary/aromatic N) is 6. The molecule has 0 spiro atoms. The van der Waals surface area contributed by atoms with Gasteiger partial charge in [0.15, 0.2) is 0 Å². The summed E-state index contributed by atoms with van der Waals surface area (Å²) in [6.45, 7) is 5.98. The molecule has 0 bridgehead atoms. The molecule has 0 atom stereocenters. The van der Waals surface area contributed by atoms with Gasteiger partial charge in [0.1, 0.15) is 0 Å². The Morgan fingerprint density at radius 1 is 1.12 bits per heavy atom. The zero-order chi connectivity index (χ0) is 22.7. The van der Waals surface area contributed by atoms with Crippen LogP contribution in [0.1, 0.15) is 26.3 Å². The fourth-order valence-electron chi connectivity index (χ4n) is 3.15. The lowest BCUT2D eigenvalue weighted by Crippen LogP contribution is -2.16. The normalized spacial score (nSPS) is 12.5. The third-order valence-corrected chi connectivity index (χ3v) is 5.60. The summed E-state index contributed by atoms with van der Waals surface area (Å²) in [5.74, 6) is 0. The van der Waals surface area contributed by atoms with E-state index in [1.165, 1.54) is 23.5 Å². The van der Waals surface area contributed by atoms with Crippen LogP contribution in [0.15, 0.2) is 82.7 Å².